The van der Waals surface area contributed by atoms with E-state index >= 15 is 0 Å². The molecule has 49 heavy (non-hydrogen) atoms. The fraction of sp³-hybridized carbons (Fsp3) is 0.417. The van der Waals surface area contributed by atoms with E-state index in [1.807, 2.05) is 48.0 Å². The Kier molecular flexibility index (Phi) is 9.22. The third kappa shape index (κ3) is 6.51. The molecule has 0 unspecified atom stereocenters. The number of benzene rings is 3. The van der Waals surface area contributed by atoms with Gasteiger partial charge in [0.25, 0.3) is 5.91 Å². The number of hydrogen-bond donors (Lipinski definition) is 3. The molecule has 262 valence electrons. The third-order valence-electron chi connectivity index (χ3n) is 9.66. The lowest BCUT2D eigenvalue weighted by atomic mass is 9.96. The molecular weight excluding hydrogens is 657 g/mol. The first-order valence-corrected chi connectivity index (χ1v) is 17.8. The molecule has 3 N–H and O–H groups in total. The van der Waals surface area contributed by atoms with Gasteiger partial charge in [0.2, 0.25) is 10.0 Å². The Morgan fingerprint density at radius 2 is 1.86 bits per heavy atom. The zero-order valence-electron chi connectivity index (χ0n) is 27.8. The minimum atomic E-state index is -4.58. The zero-order valence-corrected chi connectivity index (χ0v) is 28.7. The molecule has 0 saturated carbocycles. The summed E-state index contributed by atoms with van der Waals surface area (Å²) in [5.74, 6) is -0.707. The van der Waals surface area contributed by atoms with E-state index in [2.05, 4.69) is 10.6 Å². The average Bonchev–Trinajstić information content (AvgIpc) is 3.39. The van der Waals surface area contributed by atoms with Crippen molar-refractivity contribution in [2.45, 2.75) is 75.7 Å². The number of hydrogen-bond acceptors (Lipinski definition) is 6. The molecule has 3 heterocycles. The Labute approximate surface area is 284 Å². The van der Waals surface area contributed by atoms with Crippen molar-refractivity contribution in [1.29, 1.82) is 0 Å². The number of aliphatic hydroxyl groups is 1. The number of aliphatic hydroxyl groups excluding tert-OH is 1. The average molecular weight is 699 g/mol. The molecule has 1 amide bonds. The molecule has 9 nitrogen and oxygen atoms in total. The molecule has 0 spiro atoms. The second kappa shape index (κ2) is 13.0. The lowest BCUT2D eigenvalue weighted by Crippen LogP contribution is -2.49. The molecule has 3 aromatic carbocycles. The van der Waals surface area contributed by atoms with Crippen molar-refractivity contribution in [2.24, 2.45) is 0 Å². The highest BCUT2D eigenvalue weighted by Crippen LogP contribution is 2.43. The quantitative estimate of drug-likeness (QED) is 0.210. The maximum Gasteiger partial charge on any atom is 0.419 e. The van der Waals surface area contributed by atoms with E-state index in [1.54, 1.807) is 32.0 Å². The summed E-state index contributed by atoms with van der Waals surface area (Å²) in [7, 11) is -2.29. The highest BCUT2D eigenvalue weighted by atomic mass is 32.2. The van der Waals surface area contributed by atoms with Gasteiger partial charge in [-0.2, -0.15) is 13.2 Å². The van der Waals surface area contributed by atoms with Crippen molar-refractivity contribution in [1.82, 2.24) is 15.2 Å². The number of aryl methyl sites for hydroxylation is 1. The summed E-state index contributed by atoms with van der Waals surface area (Å²) in [5, 5.41) is 18.5. The third-order valence-corrected chi connectivity index (χ3v) is 12.1. The molecule has 3 atom stereocenters. The van der Waals surface area contributed by atoms with Crippen molar-refractivity contribution < 1.29 is 36.2 Å². The number of aromatic nitrogens is 1. The second-order valence-corrected chi connectivity index (χ2v) is 16.0. The Hall–Kier alpha value is -4.07. The number of para-hydroxylation sites is 1. The van der Waals surface area contributed by atoms with Gasteiger partial charge in [-0.15, -0.1) is 0 Å². The summed E-state index contributed by atoms with van der Waals surface area (Å²) in [6.45, 7) is 5.68. The fourth-order valence-electron chi connectivity index (χ4n) is 6.93. The van der Waals surface area contributed by atoms with Gasteiger partial charge in [-0.1, -0.05) is 49.4 Å². The molecule has 0 saturated heterocycles. The number of carbonyl (C=O) groups is 1. The van der Waals surface area contributed by atoms with Gasteiger partial charge in [-0.25, -0.2) is 8.42 Å². The van der Waals surface area contributed by atoms with Gasteiger partial charge in [0, 0.05) is 55.3 Å². The summed E-state index contributed by atoms with van der Waals surface area (Å²) >= 11 is 0. The molecule has 2 aliphatic rings. The van der Waals surface area contributed by atoms with Gasteiger partial charge >= 0.3 is 6.18 Å². The standard InChI is InChI=1S/C36H41F3N4O5S/c1-5-23-20-43-21-35(2,3)49(46,47)42(4)30-18-24(17-26(23)32(30)43)34(45)41-29(16-22-10-7-6-8-11-22)31(44)19-40-28-14-15-48-33-25(28)12-9-13-27(33)36(37,38)39/h6-13,17-18,20,28-29,31,40,44H,5,14-16,19,21H2,1-4H3,(H,41,45)/t28-,29+,31-/m1/s1. The number of nitrogens with one attached hydrogen (secondary N) is 2. The van der Waals surface area contributed by atoms with Crippen molar-refractivity contribution in [3.05, 3.63) is 94.7 Å². The van der Waals surface area contributed by atoms with E-state index in [0.717, 1.165) is 28.1 Å². The van der Waals surface area contributed by atoms with Crippen LogP contribution in [-0.4, -0.2) is 61.1 Å². The SMILES string of the molecule is CCc1cn2c3c(cc(C(=O)N[C@@H](Cc4ccccc4)[C@H](O)CN[C@@H]4CCOc5c4cccc5C(F)(F)F)cc13)N(C)S(=O)(=O)C(C)(C)C2. The maximum atomic E-state index is 14.0. The monoisotopic (exact) mass is 698 g/mol. The smallest absolute Gasteiger partial charge is 0.419 e. The van der Waals surface area contributed by atoms with Crippen LogP contribution in [0.1, 0.15) is 65.8 Å². The zero-order chi connectivity index (χ0) is 35.3. The van der Waals surface area contributed by atoms with E-state index in [1.165, 1.54) is 17.4 Å². The number of nitrogens with zero attached hydrogens (tertiary/aromatic N) is 2. The number of ether oxygens (including phenoxy) is 1. The van der Waals surface area contributed by atoms with Crippen molar-refractivity contribution in [3.63, 3.8) is 0 Å². The van der Waals surface area contributed by atoms with Gasteiger partial charge in [0.15, 0.2) is 0 Å². The van der Waals surface area contributed by atoms with Crippen LogP contribution < -0.4 is 19.7 Å². The molecule has 0 bridgehead atoms. The van der Waals surface area contributed by atoms with Gasteiger partial charge in [-0.05, 0) is 56.0 Å². The van der Waals surface area contributed by atoms with E-state index in [0.29, 0.717) is 24.1 Å². The topological polar surface area (TPSA) is 113 Å². The first-order chi connectivity index (χ1) is 23.1. The van der Waals surface area contributed by atoms with Gasteiger partial charge in [0.1, 0.15) is 10.5 Å². The predicted molar refractivity (Wildman–Crippen MR) is 182 cm³/mol. The summed E-state index contributed by atoms with van der Waals surface area (Å²) < 4.78 is 75.8. The molecule has 0 aliphatic carbocycles. The normalized spacial score (nSPS) is 19.4. The molecule has 0 radical (unpaired) electrons. The van der Waals surface area contributed by atoms with Crippen molar-refractivity contribution in [3.8, 4) is 5.75 Å². The molecule has 2 aliphatic heterocycles. The van der Waals surface area contributed by atoms with Crippen LogP contribution in [0.5, 0.6) is 5.75 Å². The Bertz CT molecular complexity index is 1980. The summed E-state index contributed by atoms with van der Waals surface area (Å²) in [6, 6.07) is 15.3. The Morgan fingerprint density at radius 1 is 1.12 bits per heavy atom. The summed E-state index contributed by atoms with van der Waals surface area (Å²) in [4.78, 5) is 14.0. The Morgan fingerprint density at radius 3 is 2.55 bits per heavy atom. The molecule has 1 aromatic heterocycles. The van der Waals surface area contributed by atoms with Gasteiger partial charge in [-0.3, -0.25) is 9.10 Å². The molecule has 4 aromatic rings. The van der Waals surface area contributed by atoms with E-state index in [-0.39, 0.29) is 37.4 Å². The van der Waals surface area contributed by atoms with E-state index in [4.69, 9.17) is 4.74 Å². The number of carbonyl (C=O) groups excluding carboxylic acids is 1. The molecule has 13 heteroatoms. The van der Waals surface area contributed by atoms with Crippen LogP contribution in [0.25, 0.3) is 10.9 Å². The van der Waals surface area contributed by atoms with Crippen LogP contribution in [0, 0.1) is 0 Å². The number of amides is 1. The minimum Gasteiger partial charge on any atom is -0.493 e. The summed E-state index contributed by atoms with van der Waals surface area (Å²) in [5.41, 5.74) is 2.72. The molecule has 6 rings (SSSR count). The second-order valence-electron chi connectivity index (χ2n) is 13.4. The highest BCUT2D eigenvalue weighted by molar-refractivity contribution is 7.94. The number of halogens is 3. The van der Waals surface area contributed by atoms with Gasteiger partial charge in [0.05, 0.1) is 35.5 Å². The minimum absolute atomic E-state index is 0.0265. The van der Waals surface area contributed by atoms with Crippen LogP contribution >= 0.6 is 0 Å². The van der Waals surface area contributed by atoms with Crippen LogP contribution in [0.2, 0.25) is 0 Å². The number of alkyl halides is 3. The molecular formula is C36H41F3N4O5S. The number of rotatable bonds is 9. The van der Waals surface area contributed by atoms with Gasteiger partial charge < -0.3 is 25.0 Å². The van der Waals surface area contributed by atoms with E-state index < -0.39 is 50.6 Å². The number of fused-ring (bicyclic) bond motifs is 1. The number of sulfonamides is 1. The van der Waals surface area contributed by atoms with E-state index in [9.17, 15) is 31.5 Å². The summed E-state index contributed by atoms with van der Waals surface area (Å²) in [6.07, 6.45) is -2.42. The first-order valence-electron chi connectivity index (χ1n) is 16.4. The van der Waals surface area contributed by atoms with Crippen molar-refractivity contribution >= 4 is 32.5 Å². The lowest BCUT2D eigenvalue weighted by Gasteiger charge is -2.31. The predicted octanol–water partition coefficient (Wildman–Crippen LogP) is 5.60. The Balaban J connectivity index is 1.29. The first kappa shape index (κ1) is 34.8. The van der Waals surface area contributed by atoms with Crippen LogP contribution in [0.4, 0.5) is 18.9 Å². The molecule has 0 fully saturated rings. The number of anilines is 1. The van der Waals surface area contributed by atoms with Crippen LogP contribution in [0.15, 0.2) is 66.9 Å². The lowest BCUT2D eigenvalue weighted by molar-refractivity contribution is -0.139. The maximum absolute atomic E-state index is 14.0. The van der Waals surface area contributed by atoms with Crippen molar-refractivity contribution in [2.75, 3.05) is 24.5 Å². The largest absolute Gasteiger partial charge is 0.493 e. The fourth-order valence-corrected chi connectivity index (χ4v) is 8.37. The van der Waals surface area contributed by atoms with Crippen LogP contribution in [-0.2, 0) is 35.6 Å². The highest BCUT2D eigenvalue weighted by Gasteiger charge is 2.42. The van der Waals surface area contributed by atoms with Crippen LogP contribution in [0.3, 0.4) is 0 Å².